The fourth-order valence-corrected chi connectivity index (χ4v) is 5.67. The van der Waals surface area contributed by atoms with Crippen molar-refractivity contribution in [3.63, 3.8) is 0 Å². The molecular weight excluding hydrogens is 358 g/mol. The van der Waals surface area contributed by atoms with Gasteiger partial charge in [0.1, 0.15) is 11.2 Å². The molecule has 5 nitrogen and oxygen atoms in total. The van der Waals surface area contributed by atoms with E-state index in [4.69, 9.17) is 16.3 Å². The van der Waals surface area contributed by atoms with Gasteiger partial charge in [-0.25, -0.2) is 0 Å². The van der Waals surface area contributed by atoms with Gasteiger partial charge >= 0.3 is 0 Å². The standard InChI is InChI=1S/C18H24ClN3O2S/c1-12-7-18(4-5-22(12)10-13-8-20-21(3)9-13)16-14(6-15(19)25-16)17(2,23)11-24-18/h6,8-9,12,23H,4-5,7,10-11H2,1-3H3/t12-,17?,18+/m0/s1. The molecule has 1 spiro atoms. The van der Waals surface area contributed by atoms with E-state index in [1.165, 1.54) is 5.56 Å². The SMILES string of the molecule is C[C@H]1C[C@@]2(CCN1Cc1cnn(C)c1)OCC(C)(O)c1cc(Cl)sc12. The number of fused-ring (bicyclic) bond motifs is 2. The summed E-state index contributed by atoms with van der Waals surface area (Å²) in [4.78, 5) is 3.59. The minimum atomic E-state index is -0.958. The summed E-state index contributed by atoms with van der Waals surface area (Å²) in [6.45, 7) is 6.24. The highest BCUT2D eigenvalue weighted by molar-refractivity contribution is 7.16. The third-order valence-corrected chi connectivity index (χ3v) is 6.97. The first-order valence-electron chi connectivity index (χ1n) is 8.67. The van der Waals surface area contributed by atoms with Gasteiger partial charge in [0, 0.05) is 48.4 Å². The van der Waals surface area contributed by atoms with Gasteiger partial charge in [0.25, 0.3) is 0 Å². The van der Waals surface area contributed by atoms with Crippen molar-refractivity contribution in [3.05, 3.63) is 38.8 Å². The molecule has 0 radical (unpaired) electrons. The lowest BCUT2D eigenvalue weighted by molar-refractivity contribution is -0.167. The molecule has 1 N–H and O–H groups in total. The molecule has 0 aromatic carbocycles. The zero-order chi connectivity index (χ0) is 17.8. The lowest BCUT2D eigenvalue weighted by Crippen LogP contribution is -2.52. The third kappa shape index (κ3) is 3.04. The maximum Gasteiger partial charge on any atom is 0.111 e. The Bertz CT molecular complexity index is 787. The summed E-state index contributed by atoms with van der Waals surface area (Å²) >= 11 is 7.84. The normalized spacial score (nSPS) is 32.9. The maximum absolute atomic E-state index is 10.7. The molecule has 0 saturated carbocycles. The molecule has 0 aliphatic carbocycles. The molecule has 136 valence electrons. The van der Waals surface area contributed by atoms with E-state index in [2.05, 4.69) is 23.1 Å². The fourth-order valence-electron chi connectivity index (χ4n) is 4.13. The highest BCUT2D eigenvalue weighted by atomic mass is 35.5. The van der Waals surface area contributed by atoms with Crippen LogP contribution < -0.4 is 0 Å². The summed E-state index contributed by atoms with van der Waals surface area (Å²) in [7, 11) is 1.95. The summed E-state index contributed by atoms with van der Waals surface area (Å²) in [6, 6.07) is 2.30. The molecule has 0 bridgehead atoms. The van der Waals surface area contributed by atoms with Crippen molar-refractivity contribution in [1.29, 1.82) is 0 Å². The number of hydrogen-bond donors (Lipinski definition) is 1. The highest BCUT2D eigenvalue weighted by Gasteiger charge is 2.49. The van der Waals surface area contributed by atoms with Gasteiger partial charge in [-0.1, -0.05) is 11.6 Å². The second-order valence-electron chi connectivity index (χ2n) is 7.65. The van der Waals surface area contributed by atoms with Crippen LogP contribution in [0.4, 0.5) is 0 Å². The zero-order valence-corrected chi connectivity index (χ0v) is 16.4. The first-order chi connectivity index (χ1) is 11.8. The number of halogens is 1. The summed E-state index contributed by atoms with van der Waals surface area (Å²) in [6.07, 6.45) is 5.83. The number of thiophene rings is 1. The molecule has 2 aromatic heterocycles. The van der Waals surface area contributed by atoms with Crippen LogP contribution in [0, 0.1) is 0 Å². The first-order valence-corrected chi connectivity index (χ1v) is 9.87. The summed E-state index contributed by atoms with van der Waals surface area (Å²) in [5.41, 5.74) is 0.903. The Morgan fingerprint density at radius 2 is 2.32 bits per heavy atom. The molecule has 4 rings (SSSR count). The maximum atomic E-state index is 10.7. The third-order valence-electron chi connectivity index (χ3n) is 5.52. The molecule has 7 heteroatoms. The van der Waals surface area contributed by atoms with Crippen LogP contribution >= 0.6 is 22.9 Å². The van der Waals surface area contributed by atoms with E-state index in [9.17, 15) is 5.11 Å². The van der Waals surface area contributed by atoms with Crippen molar-refractivity contribution < 1.29 is 9.84 Å². The summed E-state index contributed by atoms with van der Waals surface area (Å²) < 4.78 is 8.86. The Kier molecular flexibility index (Phi) is 4.24. The van der Waals surface area contributed by atoms with E-state index in [0.717, 1.165) is 40.7 Å². The van der Waals surface area contributed by atoms with E-state index in [1.54, 1.807) is 11.3 Å². The number of likely N-dealkylation sites (tertiary alicyclic amines) is 1. The van der Waals surface area contributed by atoms with Gasteiger partial charge in [0.15, 0.2) is 0 Å². The Balaban J connectivity index is 1.57. The van der Waals surface area contributed by atoms with Crippen molar-refractivity contribution in [1.82, 2.24) is 14.7 Å². The second-order valence-corrected chi connectivity index (χ2v) is 9.33. The van der Waals surface area contributed by atoms with Crippen molar-refractivity contribution in [2.75, 3.05) is 13.2 Å². The van der Waals surface area contributed by atoms with Gasteiger partial charge in [-0.3, -0.25) is 9.58 Å². The van der Waals surface area contributed by atoms with Crippen LogP contribution in [0.25, 0.3) is 0 Å². The van der Waals surface area contributed by atoms with E-state index >= 15 is 0 Å². The molecule has 25 heavy (non-hydrogen) atoms. The summed E-state index contributed by atoms with van der Waals surface area (Å²) in [5, 5.41) is 14.9. The molecule has 2 aliphatic rings. The van der Waals surface area contributed by atoms with Crippen LogP contribution in [0.3, 0.4) is 0 Å². The number of aryl methyl sites for hydroxylation is 1. The van der Waals surface area contributed by atoms with Crippen LogP contribution in [-0.4, -0.2) is 39.0 Å². The number of aliphatic hydroxyl groups is 1. The molecule has 0 amide bonds. The smallest absolute Gasteiger partial charge is 0.111 e. The average molecular weight is 382 g/mol. The number of rotatable bonds is 2. The van der Waals surface area contributed by atoms with Crippen LogP contribution in [0.1, 0.15) is 42.7 Å². The van der Waals surface area contributed by atoms with Gasteiger partial charge in [-0.15, -0.1) is 11.3 Å². The lowest BCUT2D eigenvalue weighted by Gasteiger charge is -2.49. The van der Waals surface area contributed by atoms with Crippen molar-refractivity contribution in [3.8, 4) is 0 Å². The molecule has 2 aromatic rings. The monoisotopic (exact) mass is 381 g/mol. The van der Waals surface area contributed by atoms with Crippen LogP contribution in [0.15, 0.2) is 18.5 Å². The molecular formula is C18H24ClN3O2S. The Labute approximate surface area is 157 Å². The quantitative estimate of drug-likeness (QED) is 0.867. The number of nitrogens with zero attached hydrogens (tertiary/aromatic N) is 3. The van der Waals surface area contributed by atoms with Gasteiger partial charge in [-0.2, -0.15) is 5.10 Å². The minimum absolute atomic E-state index is 0.319. The predicted molar refractivity (Wildman–Crippen MR) is 98.8 cm³/mol. The molecule has 3 atom stereocenters. The number of ether oxygens (including phenoxy) is 1. The zero-order valence-electron chi connectivity index (χ0n) is 14.8. The van der Waals surface area contributed by atoms with Crippen molar-refractivity contribution in [2.45, 2.75) is 50.5 Å². The molecule has 2 aliphatic heterocycles. The second kappa shape index (κ2) is 6.06. The average Bonchev–Trinajstić information content (AvgIpc) is 3.14. The fraction of sp³-hybridized carbons (Fsp3) is 0.611. The van der Waals surface area contributed by atoms with Crippen molar-refractivity contribution >= 4 is 22.9 Å². The molecule has 1 fully saturated rings. The number of aromatic nitrogens is 2. The Morgan fingerprint density at radius 1 is 1.52 bits per heavy atom. The highest BCUT2D eigenvalue weighted by Crippen LogP contribution is 2.51. The van der Waals surface area contributed by atoms with E-state index in [-0.39, 0.29) is 5.60 Å². The summed E-state index contributed by atoms with van der Waals surface area (Å²) in [5.74, 6) is 0. The Morgan fingerprint density at radius 3 is 3.00 bits per heavy atom. The molecule has 1 saturated heterocycles. The van der Waals surface area contributed by atoms with Gasteiger partial charge in [0.2, 0.25) is 0 Å². The minimum Gasteiger partial charge on any atom is -0.383 e. The first kappa shape index (κ1) is 17.5. The van der Waals surface area contributed by atoms with E-state index < -0.39 is 5.60 Å². The lowest BCUT2D eigenvalue weighted by atomic mass is 9.79. The van der Waals surface area contributed by atoms with Gasteiger partial charge < -0.3 is 9.84 Å². The van der Waals surface area contributed by atoms with E-state index in [0.29, 0.717) is 12.6 Å². The number of hydrogen-bond acceptors (Lipinski definition) is 5. The van der Waals surface area contributed by atoms with Gasteiger partial charge in [0.05, 0.1) is 17.1 Å². The van der Waals surface area contributed by atoms with Gasteiger partial charge in [-0.05, 0) is 32.8 Å². The Hall–Kier alpha value is -0.920. The van der Waals surface area contributed by atoms with Crippen LogP contribution in [0.5, 0.6) is 0 Å². The predicted octanol–water partition coefficient (Wildman–Crippen LogP) is 3.25. The molecule has 4 heterocycles. The number of piperidine rings is 1. The topological polar surface area (TPSA) is 50.5 Å². The molecule has 1 unspecified atom stereocenters. The van der Waals surface area contributed by atoms with E-state index in [1.807, 2.05) is 30.9 Å². The van der Waals surface area contributed by atoms with Crippen molar-refractivity contribution in [2.24, 2.45) is 7.05 Å². The van der Waals surface area contributed by atoms with Crippen LogP contribution in [0.2, 0.25) is 4.34 Å². The van der Waals surface area contributed by atoms with Crippen LogP contribution in [-0.2, 0) is 29.5 Å². The largest absolute Gasteiger partial charge is 0.383 e.